The topological polar surface area (TPSA) is 136 Å². The van der Waals surface area contributed by atoms with E-state index in [9.17, 15) is 54.7 Å². The molecular formula is C82H94F7N7O8. The Hall–Kier alpha value is -8.80. The Morgan fingerprint density at radius 2 is 1.24 bits per heavy atom. The average molecular weight is 1440 g/mol. The minimum absolute atomic E-state index is 0.00307. The molecule has 2 atom stereocenters. The lowest BCUT2D eigenvalue weighted by atomic mass is 9.72. The van der Waals surface area contributed by atoms with E-state index in [1.54, 1.807) is 35.9 Å². The van der Waals surface area contributed by atoms with Crippen molar-refractivity contribution < 1.29 is 68.9 Å². The molecule has 0 saturated carbocycles. The molecule has 0 aromatic heterocycles. The predicted octanol–water partition coefficient (Wildman–Crippen LogP) is 13.9. The van der Waals surface area contributed by atoms with Gasteiger partial charge in [-0.2, -0.15) is 26.3 Å². The molecular weight excluding hydrogens is 1340 g/mol. The van der Waals surface area contributed by atoms with Gasteiger partial charge in [-0.1, -0.05) is 122 Å². The Bertz CT molecular complexity index is 4020. The molecule has 1 spiro atoms. The predicted molar refractivity (Wildman–Crippen MR) is 385 cm³/mol. The molecule has 3 saturated heterocycles. The number of esters is 1. The number of methoxy groups -OCH3 is 1. The zero-order chi connectivity index (χ0) is 74.3. The summed E-state index contributed by atoms with van der Waals surface area (Å²) in [5.41, 5.74) is 4.74. The highest BCUT2D eigenvalue weighted by molar-refractivity contribution is 5.96. The van der Waals surface area contributed by atoms with Crippen LogP contribution in [0.25, 0.3) is 11.1 Å². The smallest absolute Gasteiger partial charge is 0.416 e. The van der Waals surface area contributed by atoms with Gasteiger partial charge in [0.15, 0.2) is 0 Å². The number of hydrogen-bond donors (Lipinski definition) is 0. The SMILES string of the molecule is CCC(=O)N(C)CCCN(C)C(=O)c1ccc(CCN(C)Cc2cccc(C(=O)N(C)CCN3CCC(OC(=O)Cc4ccccc4-c4ccccc4)CC3)c2)cc1.CO[C@H]1Cc2ccccc2C12CCN(CC[C@@]1(c3ccc(F)cc3)CN(C(=O)c3cc(C(F)(F)F)cc(C(F)(F)F)c3)CO1)CC2. The Labute approximate surface area is 605 Å². The number of carbonyl (C=O) groups excluding carboxylic acids is 5. The summed E-state index contributed by atoms with van der Waals surface area (Å²) in [6.45, 7) is 9.21. The molecule has 104 heavy (non-hydrogen) atoms. The van der Waals surface area contributed by atoms with Gasteiger partial charge in [-0.25, -0.2) is 4.39 Å². The van der Waals surface area contributed by atoms with Gasteiger partial charge in [-0.05, 0) is 171 Å². The van der Waals surface area contributed by atoms with Gasteiger partial charge in [0.1, 0.15) is 24.3 Å². The van der Waals surface area contributed by atoms with E-state index in [0.717, 1.165) is 117 Å². The average Bonchev–Trinajstić information content (AvgIpc) is 1.60. The zero-order valence-electron chi connectivity index (χ0n) is 60.1. The summed E-state index contributed by atoms with van der Waals surface area (Å²) in [6.07, 6.45) is -3.38. The molecule has 4 aliphatic rings. The van der Waals surface area contributed by atoms with E-state index >= 15 is 0 Å². The molecule has 22 heteroatoms. The molecule has 7 aromatic rings. The van der Waals surface area contributed by atoms with Crippen LogP contribution in [0.4, 0.5) is 30.7 Å². The number of nitrogens with zero attached hydrogens (tertiary/aromatic N) is 7. The zero-order valence-corrected chi connectivity index (χ0v) is 60.1. The summed E-state index contributed by atoms with van der Waals surface area (Å²) in [4.78, 5) is 77.7. The maximum absolute atomic E-state index is 13.9. The number of likely N-dealkylation sites (N-methyl/N-ethyl adjacent to an activating group) is 2. The number of fused-ring (bicyclic) bond motifs is 2. The number of piperidine rings is 2. The molecule has 7 aromatic carbocycles. The molecule has 554 valence electrons. The van der Waals surface area contributed by atoms with Crippen molar-refractivity contribution in [2.45, 2.75) is 113 Å². The number of ether oxygens (including phenoxy) is 3. The lowest BCUT2D eigenvalue weighted by molar-refractivity contribution is -0.150. The van der Waals surface area contributed by atoms with Crippen LogP contribution >= 0.6 is 0 Å². The van der Waals surface area contributed by atoms with E-state index in [-0.39, 0.29) is 67.1 Å². The Morgan fingerprint density at radius 1 is 0.615 bits per heavy atom. The maximum Gasteiger partial charge on any atom is 0.416 e. The fourth-order valence-electron chi connectivity index (χ4n) is 14.8. The first-order valence-corrected chi connectivity index (χ1v) is 35.7. The summed E-state index contributed by atoms with van der Waals surface area (Å²) in [7, 11) is 9.28. The first-order chi connectivity index (χ1) is 49.7. The van der Waals surface area contributed by atoms with Crippen LogP contribution in [0.3, 0.4) is 0 Å². The number of benzene rings is 7. The van der Waals surface area contributed by atoms with Crippen LogP contribution in [0.5, 0.6) is 0 Å². The van der Waals surface area contributed by atoms with E-state index in [2.05, 4.69) is 52.1 Å². The quantitative estimate of drug-likeness (QED) is 0.0400. The fourth-order valence-corrected chi connectivity index (χ4v) is 14.8. The summed E-state index contributed by atoms with van der Waals surface area (Å²) >= 11 is 0. The third-order valence-electron chi connectivity index (χ3n) is 20.9. The van der Waals surface area contributed by atoms with Gasteiger partial charge in [-0.3, -0.25) is 24.0 Å². The van der Waals surface area contributed by atoms with Crippen LogP contribution in [0.1, 0.15) is 127 Å². The molecule has 4 amide bonds. The van der Waals surface area contributed by atoms with Crippen molar-refractivity contribution in [2.24, 2.45) is 0 Å². The molecule has 0 unspecified atom stereocenters. The van der Waals surface area contributed by atoms with Gasteiger partial charge in [0.25, 0.3) is 17.7 Å². The van der Waals surface area contributed by atoms with Crippen molar-refractivity contribution in [1.82, 2.24) is 34.3 Å². The molecule has 3 aliphatic heterocycles. The second-order valence-electron chi connectivity index (χ2n) is 28.0. The highest BCUT2D eigenvalue weighted by Crippen LogP contribution is 2.48. The van der Waals surface area contributed by atoms with Crippen molar-refractivity contribution in [1.29, 1.82) is 0 Å². The van der Waals surface area contributed by atoms with Gasteiger partial charge in [-0.15, -0.1) is 0 Å². The number of alkyl halides is 6. The standard InChI is InChI=1S/C48H61N5O5.C34H33F7N2O3/c1-6-45(54)50(3)27-13-28-51(4)47(56)40-22-20-37(21-23-40)24-29-49(2)36-38-14-12-18-42(34-38)48(57)52(5)32-33-53-30-25-43(26-31-53)58-46(55)35-41-17-10-11-19-44(41)39-15-8-7-9-16-39;1-45-29-18-22-4-2-3-5-28(22)31(29)10-13-42(14-11-31)15-12-32(24-6-8-27(35)9-7-24)20-43(21-46-32)30(44)23-16-25(33(36,37)38)19-26(17-23)34(39,40)41/h7-12,14-23,34,43H,6,13,24-33,35-36H2,1-5H3;2-9,16-17,19,29H,10-15,18,20-21H2,1H3/t;29-,32-/m.0/s1. The molecule has 0 radical (unpaired) electrons. The number of rotatable bonds is 25. The van der Waals surface area contributed by atoms with Crippen LogP contribution in [0, 0.1) is 5.82 Å². The van der Waals surface area contributed by atoms with Gasteiger partial charge in [0.2, 0.25) is 5.91 Å². The van der Waals surface area contributed by atoms with Crippen molar-refractivity contribution in [3.8, 4) is 11.1 Å². The number of hydrogen-bond acceptors (Lipinski definition) is 11. The summed E-state index contributed by atoms with van der Waals surface area (Å²) in [5, 5.41) is 0. The first kappa shape index (κ1) is 77.8. The molecule has 3 fully saturated rings. The lowest BCUT2D eigenvalue weighted by Crippen LogP contribution is -2.49. The number of halogens is 7. The van der Waals surface area contributed by atoms with Gasteiger partial charge < -0.3 is 48.5 Å². The molecule has 1 aliphatic carbocycles. The van der Waals surface area contributed by atoms with Crippen molar-refractivity contribution >= 4 is 29.6 Å². The van der Waals surface area contributed by atoms with Crippen molar-refractivity contribution in [3.63, 3.8) is 0 Å². The van der Waals surface area contributed by atoms with Crippen LogP contribution in [0.15, 0.2) is 170 Å². The van der Waals surface area contributed by atoms with Crippen molar-refractivity contribution in [3.05, 3.63) is 237 Å². The lowest BCUT2D eigenvalue weighted by Gasteiger charge is -2.44. The number of amides is 4. The molecule has 3 heterocycles. The molecule has 15 nitrogen and oxygen atoms in total. The highest BCUT2D eigenvalue weighted by Gasteiger charge is 2.50. The second-order valence-corrected chi connectivity index (χ2v) is 28.0. The van der Waals surface area contributed by atoms with E-state index < -0.39 is 46.4 Å². The number of carbonyl (C=O) groups is 5. The van der Waals surface area contributed by atoms with Gasteiger partial charge in [0, 0.05) is 116 Å². The molecule has 11 rings (SSSR count). The Balaban J connectivity index is 0.000000229. The van der Waals surface area contributed by atoms with Crippen LogP contribution < -0.4 is 0 Å². The van der Waals surface area contributed by atoms with Crippen LogP contribution in [0.2, 0.25) is 0 Å². The van der Waals surface area contributed by atoms with E-state index in [4.69, 9.17) is 14.2 Å². The van der Waals surface area contributed by atoms with E-state index in [0.29, 0.717) is 74.4 Å². The van der Waals surface area contributed by atoms with E-state index in [1.165, 1.54) is 35.4 Å². The molecule has 0 bridgehead atoms. The Morgan fingerprint density at radius 3 is 1.91 bits per heavy atom. The summed E-state index contributed by atoms with van der Waals surface area (Å²) in [5.74, 6) is -1.61. The fraction of sp³-hybridized carbons (Fsp3) is 0.427. The maximum atomic E-state index is 13.9. The normalized spacial score (nSPS) is 17.7. The minimum atomic E-state index is -5.09. The largest absolute Gasteiger partial charge is 0.462 e. The van der Waals surface area contributed by atoms with Crippen LogP contribution in [-0.2, 0) is 73.0 Å². The summed E-state index contributed by atoms with van der Waals surface area (Å²) < 4.78 is 113. The van der Waals surface area contributed by atoms with Crippen molar-refractivity contribution in [2.75, 3.05) is 114 Å². The van der Waals surface area contributed by atoms with Gasteiger partial charge in [0.05, 0.1) is 30.2 Å². The minimum Gasteiger partial charge on any atom is -0.462 e. The van der Waals surface area contributed by atoms with Crippen LogP contribution in [-0.4, -0.2) is 190 Å². The molecule has 0 N–H and O–H groups in total. The Kier molecular flexibility index (Phi) is 26.1. The van der Waals surface area contributed by atoms with Gasteiger partial charge >= 0.3 is 18.3 Å². The third-order valence-corrected chi connectivity index (χ3v) is 20.9. The third kappa shape index (κ3) is 19.8. The summed E-state index contributed by atoms with van der Waals surface area (Å²) in [6, 6.07) is 48.6. The number of likely N-dealkylation sites (tertiary alicyclic amines) is 2. The first-order valence-electron chi connectivity index (χ1n) is 35.7. The highest BCUT2D eigenvalue weighted by atomic mass is 19.4. The second kappa shape index (κ2) is 34.9. The van der Waals surface area contributed by atoms with E-state index in [1.807, 2.05) is 111 Å². The monoisotopic (exact) mass is 1440 g/mol.